The number of benzene rings is 1. The Bertz CT molecular complexity index is 774. The van der Waals surface area contributed by atoms with Crippen molar-refractivity contribution in [3.05, 3.63) is 57.8 Å². The highest BCUT2D eigenvalue weighted by atomic mass is 32.1. The zero-order chi connectivity index (χ0) is 19.1. The van der Waals surface area contributed by atoms with Gasteiger partial charge in [-0.3, -0.25) is 14.4 Å². The second-order valence-corrected chi connectivity index (χ2v) is 7.09. The molecular formula is C19H22N2O4S. The maximum atomic E-state index is 12.2. The van der Waals surface area contributed by atoms with E-state index in [-0.39, 0.29) is 12.5 Å². The largest absolute Gasteiger partial charge is 0.481 e. The highest BCUT2D eigenvalue weighted by Gasteiger charge is 2.22. The molecule has 0 aliphatic carbocycles. The van der Waals surface area contributed by atoms with E-state index in [1.807, 2.05) is 31.2 Å². The van der Waals surface area contributed by atoms with E-state index in [1.165, 1.54) is 11.3 Å². The molecule has 2 aromatic rings. The van der Waals surface area contributed by atoms with E-state index in [2.05, 4.69) is 10.6 Å². The molecule has 0 radical (unpaired) electrons. The first-order chi connectivity index (χ1) is 12.4. The van der Waals surface area contributed by atoms with Gasteiger partial charge in [0.15, 0.2) is 0 Å². The maximum Gasteiger partial charge on any atom is 0.308 e. The minimum Gasteiger partial charge on any atom is -0.481 e. The first-order valence-corrected chi connectivity index (χ1v) is 9.15. The first kappa shape index (κ1) is 19.7. The molecule has 1 aromatic heterocycles. The van der Waals surface area contributed by atoms with Crippen LogP contribution in [0.1, 0.15) is 27.7 Å². The molecule has 0 saturated carbocycles. The molecule has 6 nitrogen and oxygen atoms in total. The topological polar surface area (TPSA) is 95.5 Å². The Morgan fingerprint density at radius 1 is 1.19 bits per heavy atom. The number of amides is 2. The van der Waals surface area contributed by atoms with Crippen molar-refractivity contribution in [2.45, 2.75) is 26.3 Å². The van der Waals surface area contributed by atoms with E-state index >= 15 is 0 Å². The van der Waals surface area contributed by atoms with Crippen LogP contribution in [0.2, 0.25) is 0 Å². The summed E-state index contributed by atoms with van der Waals surface area (Å²) in [6.45, 7) is 3.51. The SMILES string of the molecule is Cc1cccc(CC(CNC(=O)C(C)NC(=O)c2cccs2)C(=O)O)c1. The van der Waals surface area contributed by atoms with Gasteiger partial charge in [0.05, 0.1) is 10.8 Å². The summed E-state index contributed by atoms with van der Waals surface area (Å²) in [7, 11) is 0. The lowest BCUT2D eigenvalue weighted by atomic mass is 9.98. The molecule has 2 amide bonds. The molecule has 7 heteroatoms. The van der Waals surface area contributed by atoms with Crippen molar-refractivity contribution in [1.82, 2.24) is 10.6 Å². The Morgan fingerprint density at radius 3 is 2.58 bits per heavy atom. The molecule has 0 fully saturated rings. The van der Waals surface area contributed by atoms with Gasteiger partial charge in [0.2, 0.25) is 5.91 Å². The van der Waals surface area contributed by atoms with Crippen LogP contribution in [0.25, 0.3) is 0 Å². The van der Waals surface area contributed by atoms with Gasteiger partial charge in [0, 0.05) is 6.54 Å². The third-order valence-electron chi connectivity index (χ3n) is 3.92. The lowest BCUT2D eigenvalue weighted by molar-refractivity contribution is -0.141. The number of thiophene rings is 1. The van der Waals surface area contributed by atoms with E-state index in [1.54, 1.807) is 24.4 Å². The Hall–Kier alpha value is -2.67. The van der Waals surface area contributed by atoms with Crippen molar-refractivity contribution in [2.24, 2.45) is 5.92 Å². The molecule has 3 N–H and O–H groups in total. The van der Waals surface area contributed by atoms with Crippen LogP contribution < -0.4 is 10.6 Å². The Labute approximate surface area is 156 Å². The minimum absolute atomic E-state index is 0.00131. The van der Waals surface area contributed by atoms with Crippen LogP contribution in [0.5, 0.6) is 0 Å². The maximum absolute atomic E-state index is 12.2. The number of aryl methyl sites for hydroxylation is 1. The van der Waals surface area contributed by atoms with E-state index in [0.717, 1.165) is 11.1 Å². The standard InChI is InChI=1S/C19H22N2O4S/c1-12-5-3-6-14(9-12)10-15(19(24)25)11-20-17(22)13(2)21-18(23)16-7-4-8-26-16/h3-9,13,15H,10-11H2,1-2H3,(H,20,22)(H,21,23)(H,24,25). The molecule has 1 aromatic carbocycles. The minimum atomic E-state index is -0.970. The van der Waals surface area contributed by atoms with Crippen molar-refractivity contribution >= 4 is 29.1 Å². The zero-order valence-electron chi connectivity index (χ0n) is 14.7. The van der Waals surface area contributed by atoms with Gasteiger partial charge < -0.3 is 15.7 Å². The van der Waals surface area contributed by atoms with Crippen LogP contribution in [-0.2, 0) is 16.0 Å². The van der Waals surface area contributed by atoms with E-state index in [4.69, 9.17) is 0 Å². The molecule has 0 aliphatic heterocycles. The number of carboxylic acid groups (broad SMARTS) is 1. The van der Waals surface area contributed by atoms with Gasteiger partial charge in [-0.15, -0.1) is 11.3 Å². The monoisotopic (exact) mass is 374 g/mol. The Balaban J connectivity index is 1.88. The molecule has 2 atom stereocenters. The van der Waals surface area contributed by atoms with Crippen molar-refractivity contribution in [3.63, 3.8) is 0 Å². The summed E-state index contributed by atoms with van der Waals surface area (Å²) in [4.78, 5) is 36.1. The van der Waals surface area contributed by atoms with Crippen LogP contribution in [0.15, 0.2) is 41.8 Å². The summed E-state index contributed by atoms with van der Waals surface area (Å²) >= 11 is 1.29. The molecule has 0 bridgehead atoms. The second-order valence-electron chi connectivity index (χ2n) is 6.15. The fraction of sp³-hybridized carbons (Fsp3) is 0.316. The first-order valence-electron chi connectivity index (χ1n) is 8.27. The molecule has 138 valence electrons. The van der Waals surface area contributed by atoms with Crippen LogP contribution in [0.4, 0.5) is 0 Å². The molecule has 0 spiro atoms. The third kappa shape index (κ3) is 5.70. The van der Waals surface area contributed by atoms with E-state index in [0.29, 0.717) is 11.3 Å². The molecule has 0 saturated heterocycles. The summed E-state index contributed by atoms with van der Waals surface area (Å²) in [5.74, 6) is -2.44. The van der Waals surface area contributed by atoms with Gasteiger partial charge in [0.1, 0.15) is 6.04 Å². The fourth-order valence-electron chi connectivity index (χ4n) is 2.49. The lowest BCUT2D eigenvalue weighted by Crippen LogP contribution is -2.46. The number of hydrogen-bond donors (Lipinski definition) is 3. The number of carbonyl (C=O) groups is 3. The normalized spacial score (nSPS) is 12.8. The Kier molecular flexibility index (Phi) is 6.91. The van der Waals surface area contributed by atoms with Gasteiger partial charge in [-0.05, 0) is 37.3 Å². The molecule has 26 heavy (non-hydrogen) atoms. The van der Waals surface area contributed by atoms with Crippen LogP contribution in [0, 0.1) is 12.8 Å². The highest BCUT2D eigenvalue weighted by molar-refractivity contribution is 7.12. The zero-order valence-corrected chi connectivity index (χ0v) is 15.5. The summed E-state index contributed by atoms with van der Waals surface area (Å²) in [6, 6.07) is 10.3. The molecule has 1 heterocycles. The van der Waals surface area contributed by atoms with Crippen molar-refractivity contribution in [1.29, 1.82) is 0 Å². The number of carboxylic acids is 1. The number of carbonyl (C=O) groups excluding carboxylic acids is 2. The predicted molar refractivity (Wildman–Crippen MR) is 100 cm³/mol. The van der Waals surface area contributed by atoms with Crippen LogP contribution in [0.3, 0.4) is 0 Å². The second kappa shape index (κ2) is 9.15. The van der Waals surface area contributed by atoms with E-state index < -0.39 is 23.8 Å². The summed E-state index contributed by atoms with van der Waals surface area (Å²) < 4.78 is 0. The molecule has 2 unspecified atom stereocenters. The van der Waals surface area contributed by atoms with Crippen molar-refractivity contribution in [2.75, 3.05) is 6.54 Å². The quantitative estimate of drug-likeness (QED) is 0.660. The van der Waals surface area contributed by atoms with Gasteiger partial charge in [-0.2, -0.15) is 0 Å². The van der Waals surface area contributed by atoms with Crippen molar-refractivity contribution in [3.8, 4) is 0 Å². The molecular weight excluding hydrogens is 352 g/mol. The third-order valence-corrected chi connectivity index (χ3v) is 4.79. The van der Waals surface area contributed by atoms with Gasteiger partial charge in [-0.1, -0.05) is 35.9 Å². The van der Waals surface area contributed by atoms with Crippen LogP contribution in [-0.4, -0.2) is 35.5 Å². The highest BCUT2D eigenvalue weighted by Crippen LogP contribution is 2.11. The average molecular weight is 374 g/mol. The van der Waals surface area contributed by atoms with Crippen LogP contribution >= 0.6 is 11.3 Å². The number of aliphatic carboxylic acids is 1. The number of hydrogen-bond acceptors (Lipinski definition) is 4. The average Bonchev–Trinajstić information content (AvgIpc) is 3.12. The Morgan fingerprint density at radius 2 is 1.96 bits per heavy atom. The molecule has 2 rings (SSSR count). The van der Waals surface area contributed by atoms with Gasteiger partial charge in [-0.25, -0.2) is 0 Å². The van der Waals surface area contributed by atoms with Gasteiger partial charge >= 0.3 is 5.97 Å². The fourth-order valence-corrected chi connectivity index (χ4v) is 3.12. The molecule has 0 aliphatic rings. The predicted octanol–water partition coefficient (Wildman–Crippen LogP) is 2.23. The van der Waals surface area contributed by atoms with Crippen molar-refractivity contribution < 1.29 is 19.5 Å². The number of nitrogens with one attached hydrogen (secondary N) is 2. The van der Waals surface area contributed by atoms with Gasteiger partial charge in [0.25, 0.3) is 5.91 Å². The number of rotatable bonds is 8. The smallest absolute Gasteiger partial charge is 0.308 e. The summed E-state index contributed by atoms with van der Waals surface area (Å²) in [6.07, 6.45) is 0.327. The lowest BCUT2D eigenvalue weighted by Gasteiger charge is -2.17. The summed E-state index contributed by atoms with van der Waals surface area (Å²) in [5, 5.41) is 16.4. The van der Waals surface area contributed by atoms with E-state index in [9.17, 15) is 19.5 Å². The summed E-state index contributed by atoms with van der Waals surface area (Å²) in [5.41, 5.74) is 1.96.